The molecule has 0 unspecified atom stereocenters. The van der Waals surface area contributed by atoms with Crippen LogP contribution in [0.5, 0.6) is 0 Å². The van der Waals surface area contributed by atoms with Crippen LogP contribution in [0, 0.1) is 0 Å². The largest absolute Gasteiger partial charge is 0.461 e. The second-order valence-electron chi connectivity index (χ2n) is 4.27. The van der Waals surface area contributed by atoms with Gasteiger partial charge in [0.1, 0.15) is 12.1 Å². The highest BCUT2D eigenvalue weighted by Crippen LogP contribution is 2.23. The van der Waals surface area contributed by atoms with Crippen molar-refractivity contribution in [1.82, 2.24) is 4.90 Å². The molecule has 2 aliphatic rings. The summed E-state index contributed by atoms with van der Waals surface area (Å²) in [5.74, 6) is -0.0890. The molecule has 0 aromatic carbocycles. The summed E-state index contributed by atoms with van der Waals surface area (Å²) in [5, 5.41) is 9.34. The van der Waals surface area contributed by atoms with Gasteiger partial charge in [-0.1, -0.05) is 0 Å². The third kappa shape index (κ3) is 1.91. The molecular weight excluding hydrogens is 182 g/mol. The minimum atomic E-state index is -0.180. The number of hydrogen-bond donors (Lipinski definition) is 1. The van der Waals surface area contributed by atoms with Crippen LogP contribution in [0.25, 0.3) is 0 Å². The van der Waals surface area contributed by atoms with E-state index in [1.54, 1.807) is 0 Å². The molecule has 0 aliphatic carbocycles. The molecule has 80 valence electrons. The summed E-state index contributed by atoms with van der Waals surface area (Å²) in [7, 11) is 0. The maximum absolute atomic E-state index is 11.4. The van der Waals surface area contributed by atoms with Crippen LogP contribution in [0.4, 0.5) is 0 Å². The topological polar surface area (TPSA) is 49.8 Å². The summed E-state index contributed by atoms with van der Waals surface area (Å²) in [6.45, 7) is 3.55. The number of rotatable bonds is 1. The number of carbonyl (C=O) groups excluding carboxylic acids is 1. The predicted molar refractivity (Wildman–Crippen MR) is 50.8 cm³/mol. The molecule has 4 heteroatoms. The number of aliphatic hydroxyl groups is 1. The van der Waals surface area contributed by atoms with Crippen molar-refractivity contribution in [3.63, 3.8) is 0 Å². The fraction of sp³-hybridized carbons (Fsp3) is 0.900. The Kier molecular flexibility index (Phi) is 2.74. The highest BCUT2D eigenvalue weighted by atomic mass is 16.6. The van der Waals surface area contributed by atoms with E-state index >= 15 is 0 Å². The zero-order chi connectivity index (χ0) is 10.1. The van der Waals surface area contributed by atoms with Gasteiger partial charge in [-0.3, -0.25) is 9.69 Å². The molecular formula is C10H17NO3. The molecule has 0 bridgehead atoms. The third-order valence-corrected chi connectivity index (χ3v) is 3.08. The monoisotopic (exact) mass is 199 g/mol. The van der Waals surface area contributed by atoms with Gasteiger partial charge in [-0.15, -0.1) is 0 Å². The van der Waals surface area contributed by atoms with E-state index in [0.29, 0.717) is 0 Å². The van der Waals surface area contributed by atoms with Crippen LogP contribution in [-0.4, -0.2) is 47.3 Å². The van der Waals surface area contributed by atoms with E-state index in [1.165, 1.54) is 0 Å². The third-order valence-electron chi connectivity index (χ3n) is 3.08. The van der Waals surface area contributed by atoms with Crippen LogP contribution in [0.15, 0.2) is 0 Å². The fourth-order valence-electron chi connectivity index (χ4n) is 2.23. The van der Waals surface area contributed by atoms with Crippen molar-refractivity contribution in [1.29, 1.82) is 0 Å². The number of esters is 1. The van der Waals surface area contributed by atoms with Gasteiger partial charge < -0.3 is 9.84 Å². The van der Waals surface area contributed by atoms with Gasteiger partial charge in [-0.05, 0) is 19.8 Å². The second kappa shape index (κ2) is 3.87. The highest BCUT2D eigenvalue weighted by molar-refractivity contribution is 5.78. The van der Waals surface area contributed by atoms with Crippen molar-refractivity contribution >= 4 is 5.97 Å². The molecule has 2 fully saturated rings. The molecule has 0 aromatic rings. The lowest BCUT2D eigenvalue weighted by atomic mass is 10.0. The predicted octanol–water partition coefficient (Wildman–Crippen LogP) is 0.147. The van der Waals surface area contributed by atoms with Crippen LogP contribution < -0.4 is 0 Å². The quantitative estimate of drug-likeness (QED) is 0.611. The van der Waals surface area contributed by atoms with E-state index in [1.807, 2.05) is 6.92 Å². The standard InChI is InChI=1S/C10H17NO3/c1-7-6-9(10(13)14-7)11-4-2-8(12)3-5-11/h7-9,12H,2-6H2,1H3/t7-,9-/m1/s1. The van der Waals surface area contributed by atoms with Crippen LogP contribution in [0.1, 0.15) is 26.2 Å². The summed E-state index contributed by atoms with van der Waals surface area (Å²) in [4.78, 5) is 13.6. The van der Waals surface area contributed by atoms with E-state index in [9.17, 15) is 9.90 Å². The Morgan fingerprint density at radius 2 is 2.07 bits per heavy atom. The van der Waals surface area contributed by atoms with Crippen LogP contribution in [0.2, 0.25) is 0 Å². The van der Waals surface area contributed by atoms with Crippen molar-refractivity contribution in [2.45, 2.75) is 44.4 Å². The van der Waals surface area contributed by atoms with E-state index in [0.717, 1.165) is 32.4 Å². The molecule has 0 amide bonds. The van der Waals surface area contributed by atoms with Crippen molar-refractivity contribution in [2.24, 2.45) is 0 Å². The first-order chi connectivity index (χ1) is 6.66. The average Bonchev–Trinajstić information content (AvgIpc) is 2.47. The van der Waals surface area contributed by atoms with Crippen molar-refractivity contribution in [2.75, 3.05) is 13.1 Å². The van der Waals surface area contributed by atoms with Gasteiger partial charge in [0.05, 0.1) is 6.10 Å². The lowest BCUT2D eigenvalue weighted by molar-refractivity contribution is -0.145. The first-order valence-electron chi connectivity index (χ1n) is 5.29. The molecule has 2 aliphatic heterocycles. The zero-order valence-electron chi connectivity index (χ0n) is 8.48. The summed E-state index contributed by atoms with van der Waals surface area (Å²) < 4.78 is 5.11. The molecule has 0 aromatic heterocycles. The van der Waals surface area contributed by atoms with Gasteiger partial charge in [0.15, 0.2) is 0 Å². The number of hydrogen-bond acceptors (Lipinski definition) is 4. The summed E-state index contributed by atoms with van der Waals surface area (Å²) in [6.07, 6.45) is 2.23. The summed E-state index contributed by atoms with van der Waals surface area (Å²) >= 11 is 0. The average molecular weight is 199 g/mol. The first kappa shape index (κ1) is 9.93. The molecule has 2 rings (SSSR count). The lowest BCUT2D eigenvalue weighted by Gasteiger charge is -2.32. The number of ether oxygens (including phenoxy) is 1. The number of piperidine rings is 1. The second-order valence-corrected chi connectivity index (χ2v) is 4.27. The minimum absolute atomic E-state index is 0.0550. The SMILES string of the molecule is C[C@@H]1C[C@@H](N2CCC(O)CC2)C(=O)O1. The number of carbonyl (C=O) groups is 1. The maximum Gasteiger partial charge on any atom is 0.323 e. The van der Waals surface area contributed by atoms with E-state index in [2.05, 4.69) is 4.90 Å². The Balaban J connectivity index is 1.92. The maximum atomic E-state index is 11.4. The molecule has 14 heavy (non-hydrogen) atoms. The Labute approximate surface area is 83.8 Å². The van der Waals surface area contributed by atoms with Gasteiger partial charge in [-0.2, -0.15) is 0 Å². The normalized spacial score (nSPS) is 36.0. The molecule has 2 saturated heterocycles. The molecule has 0 spiro atoms. The Hall–Kier alpha value is -0.610. The van der Waals surface area contributed by atoms with Crippen LogP contribution >= 0.6 is 0 Å². The van der Waals surface area contributed by atoms with E-state index in [-0.39, 0.29) is 24.2 Å². The first-order valence-corrected chi connectivity index (χ1v) is 5.29. The fourth-order valence-corrected chi connectivity index (χ4v) is 2.23. The molecule has 1 N–H and O–H groups in total. The Morgan fingerprint density at radius 1 is 1.43 bits per heavy atom. The van der Waals surface area contributed by atoms with Gasteiger partial charge in [-0.25, -0.2) is 0 Å². The minimum Gasteiger partial charge on any atom is -0.461 e. The number of cyclic esters (lactones) is 1. The Bertz CT molecular complexity index is 223. The van der Waals surface area contributed by atoms with Gasteiger partial charge in [0.2, 0.25) is 0 Å². The smallest absolute Gasteiger partial charge is 0.323 e. The molecule has 2 atom stereocenters. The van der Waals surface area contributed by atoms with Crippen LogP contribution in [0.3, 0.4) is 0 Å². The van der Waals surface area contributed by atoms with Gasteiger partial charge in [0.25, 0.3) is 0 Å². The van der Waals surface area contributed by atoms with Gasteiger partial charge >= 0.3 is 5.97 Å². The van der Waals surface area contributed by atoms with E-state index < -0.39 is 0 Å². The number of nitrogens with zero attached hydrogens (tertiary/aromatic N) is 1. The molecule has 4 nitrogen and oxygen atoms in total. The van der Waals surface area contributed by atoms with Crippen molar-refractivity contribution in [3.05, 3.63) is 0 Å². The molecule has 2 heterocycles. The Morgan fingerprint density at radius 3 is 2.57 bits per heavy atom. The molecule has 0 saturated carbocycles. The van der Waals surface area contributed by atoms with Crippen LogP contribution in [-0.2, 0) is 9.53 Å². The number of aliphatic hydroxyl groups excluding tert-OH is 1. The summed E-state index contributed by atoms with van der Waals surface area (Å²) in [6, 6.07) is -0.0579. The molecule has 0 radical (unpaired) electrons. The van der Waals surface area contributed by atoms with Crippen molar-refractivity contribution < 1.29 is 14.6 Å². The number of likely N-dealkylation sites (tertiary alicyclic amines) is 1. The van der Waals surface area contributed by atoms with E-state index in [4.69, 9.17) is 4.74 Å². The summed E-state index contributed by atoms with van der Waals surface area (Å²) in [5.41, 5.74) is 0. The zero-order valence-corrected chi connectivity index (χ0v) is 8.48. The lowest BCUT2D eigenvalue weighted by Crippen LogP contribution is -2.44. The van der Waals surface area contributed by atoms with Gasteiger partial charge in [0, 0.05) is 19.5 Å². The van der Waals surface area contributed by atoms with Crippen molar-refractivity contribution in [3.8, 4) is 0 Å². The highest BCUT2D eigenvalue weighted by Gasteiger charge is 2.37.